The van der Waals surface area contributed by atoms with Gasteiger partial charge in [0.1, 0.15) is 5.75 Å². The number of aryl methyl sites for hydroxylation is 1. The zero-order chi connectivity index (χ0) is 47.7. The number of ketones is 1. The number of phenolic OH excluding ortho intramolecular Hbond substituents is 1. The number of para-hydroxylation sites is 2. The summed E-state index contributed by atoms with van der Waals surface area (Å²) >= 11 is 0. The Labute approximate surface area is 412 Å². The van der Waals surface area contributed by atoms with Crippen molar-refractivity contribution in [3.8, 4) is 83.9 Å². The van der Waals surface area contributed by atoms with Crippen LogP contribution in [0.15, 0.2) is 249 Å². The molecule has 71 heavy (non-hydrogen) atoms. The van der Waals surface area contributed by atoms with Gasteiger partial charge in [0.25, 0.3) is 0 Å². The molecule has 2 heterocycles. The molecule has 0 aliphatic carbocycles. The number of carbonyl (C=O) groups is 1. The molecule has 1 N–H and O–H groups in total. The molecule has 2 aromatic heterocycles. The van der Waals surface area contributed by atoms with Crippen LogP contribution < -0.4 is 0 Å². The van der Waals surface area contributed by atoms with Crippen molar-refractivity contribution in [3.05, 3.63) is 260 Å². The zero-order valence-corrected chi connectivity index (χ0v) is 38.8. The van der Waals surface area contributed by atoms with Gasteiger partial charge in [0.05, 0.1) is 28.0 Å². The maximum atomic E-state index is 14.1. The fraction of sp³-hybridized carbons (Fsp3) is 0.0299. The number of carbonyl (C=O) groups excluding carboxylic acids is 1. The van der Waals surface area contributed by atoms with Gasteiger partial charge in [-0.15, -0.1) is 0 Å². The number of Topliss-reactive ketones (excluding diaryl/α,β-unsaturated/α-hetero) is 1. The van der Waals surface area contributed by atoms with Crippen LogP contribution in [0.25, 0.3) is 111 Å². The molecule has 0 atom stereocenters. The predicted octanol–water partition coefficient (Wildman–Crippen LogP) is 17.1. The average Bonchev–Trinajstić information content (AvgIpc) is 3.44. The van der Waals surface area contributed by atoms with E-state index < -0.39 is 0 Å². The molecule has 0 aliphatic heterocycles. The maximum Gasteiger partial charge on any atom is 0.167 e. The van der Waals surface area contributed by atoms with Crippen LogP contribution in [0.4, 0.5) is 0 Å². The molecule has 0 bridgehead atoms. The number of aromatic nitrogens is 2. The highest BCUT2D eigenvalue weighted by Crippen LogP contribution is 2.42. The van der Waals surface area contributed by atoms with Crippen molar-refractivity contribution in [2.75, 3.05) is 0 Å². The van der Waals surface area contributed by atoms with Crippen LogP contribution in [-0.4, -0.2) is 20.9 Å². The Hall–Kier alpha value is -9.25. The molecule has 0 spiro atoms. The van der Waals surface area contributed by atoms with Crippen LogP contribution >= 0.6 is 0 Å². The highest BCUT2D eigenvalue weighted by molar-refractivity contribution is 6.10. The fourth-order valence-electron chi connectivity index (χ4n) is 10.1. The van der Waals surface area contributed by atoms with Crippen molar-refractivity contribution in [2.24, 2.45) is 0 Å². The van der Waals surface area contributed by atoms with Crippen LogP contribution in [0.5, 0.6) is 5.75 Å². The molecule has 336 valence electrons. The second-order valence-corrected chi connectivity index (χ2v) is 18.1. The Morgan fingerprint density at radius 3 is 1.28 bits per heavy atom. The monoisotopic (exact) mass is 910 g/mol. The molecular weight excluding hydrogens is 865 g/mol. The quantitative estimate of drug-likeness (QED) is 0.131. The molecule has 0 unspecified atom stereocenters. The maximum absolute atomic E-state index is 14.1. The number of benzene rings is 10. The number of rotatable bonds is 11. The van der Waals surface area contributed by atoms with Gasteiger partial charge in [0.2, 0.25) is 0 Å². The van der Waals surface area contributed by atoms with Crippen LogP contribution in [0.3, 0.4) is 0 Å². The Kier molecular flexibility index (Phi) is 11.3. The van der Waals surface area contributed by atoms with Crippen molar-refractivity contribution in [3.63, 3.8) is 0 Å². The van der Waals surface area contributed by atoms with E-state index in [9.17, 15) is 9.90 Å². The third kappa shape index (κ3) is 8.53. The van der Waals surface area contributed by atoms with Gasteiger partial charge in [-0.05, 0) is 127 Å². The number of fused-ring (bicyclic) bond motifs is 3. The Morgan fingerprint density at radius 2 is 0.746 bits per heavy atom. The summed E-state index contributed by atoms with van der Waals surface area (Å²) in [5, 5.41) is 14.9. The van der Waals surface area contributed by atoms with Crippen molar-refractivity contribution in [2.45, 2.75) is 12.8 Å². The van der Waals surface area contributed by atoms with E-state index in [0.717, 1.165) is 116 Å². The van der Waals surface area contributed by atoms with E-state index in [2.05, 4.69) is 182 Å². The largest absolute Gasteiger partial charge is 0.507 e. The van der Waals surface area contributed by atoms with E-state index in [-0.39, 0.29) is 18.0 Å². The number of hydrogen-bond acceptors (Lipinski definition) is 4. The van der Waals surface area contributed by atoms with E-state index in [0.29, 0.717) is 12.0 Å². The van der Waals surface area contributed by atoms with E-state index in [4.69, 9.17) is 9.97 Å². The van der Waals surface area contributed by atoms with E-state index in [1.165, 1.54) is 0 Å². The predicted molar refractivity (Wildman–Crippen MR) is 293 cm³/mol. The Balaban J connectivity index is 0.949. The number of phenols is 1. The summed E-state index contributed by atoms with van der Waals surface area (Å²) in [6, 6.07) is 86.1. The number of pyridine rings is 2. The van der Waals surface area contributed by atoms with Crippen LogP contribution in [-0.2, 0) is 6.42 Å². The number of nitrogens with zero attached hydrogens (tertiary/aromatic N) is 2. The molecule has 0 saturated carbocycles. The smallest absolute Gasteiger partial charge is 0.167 e. The minimum atomic E-state index is -0.0868. The summed E-state index contributed by atoms with van der Waals surface area (Å²) in [7, 11) is 0. The zero-order valence-electron chi connectivity index (χ0n) is 38.8. The van der Waals surface area contributed by atoms with Gasteiger partial charge in [-0.3, -0.25) is 4.79 Å². The van der Waals surface area contributed by atoms with E-state index >= 15 is 0 Å². The summed E-state index contributed by atoms with van der Waals surface area (Å²) < 4.78 is 0. The molecular formula is C67H46N2O2. The van der Waals surface area contributed by atoms with Gasteiger partial charge >= 0.3 is 0 Å². The molecule has 0 aliphatic rings. The first-order valence-electron chi connectivity index (χ1n) is 24.1. The van der Waals surface area contributed by atoms with Gasteiger partial charge < -0.3 is 5.11 Å². The first-order valence-corrected chi connectivity index (χ1v) is 24.1. The summed E-state index contributed by atoms with van der Waals surface area (Å²) in [5.41, 5.74) is 18.3. The topological polar surface area (TPSA) is 63.1 Å². The minimum absolute atomic E-state index is 0.0108. The lowest BCUT2D eigenvalue weighted by Crippen LogP contribution is -2.03. The summed E-state index contributed by atoms with van der Waals surface area (Å²) in [6.07, 6.45) is 0.744. The molecule has 4 heteroatoms. The van der Waals surface area contributed by atoms with Gasteiger partial charge in [0.15, 0.2) is 5.78 Å². The first kappa shape index (κ1) is 43.1. The van der Waals surface area contributed by atoms with Crippen LogP contribution in [0.2, 0.25) is 0 Å². The Morgan fingerprint density at radius 1 is 0.352 bits per heavy atom. The number of aromatic hydroxyl groups is 1. The molecule has 12 aromatic rings. The summed E-state index contributed by atoms with van der Waals surface area (Å²) in [5.74, 6) is -0.0760. The second kappa shape index (κ2) is 18.7. The minimum Gasteiger partial charge on any atom is -0.507 e. The van der Waals surface area contributed by atoms with Crippen LogP contribution in [0.1, 0.15) is 22.3 Å². The SMILES string of the molecule is O=C(CCc1ccccc1-c1cc(-c2ccccc2-c2ccc(-c3ccc4ccccc4n3)cc2)cc(-c2ccccc2-c2ccc(-c3ccc4ccccc4n3)cc2)c1)c1c(O)ccc2ccccc12. The fourth-order valence-corrected chi connectivity index (χ4v) is 10.1. The van der Waals surface area contributed by atoms with Crippen molar-refractivity contribution >= 4 is 38.4 Å². The second-order valence-electron chi connectivity index (χ2n) is 18.1. The van der Waals surface area contributed by atoms with Crippen molar-refractivity contribution in [1.29, 1.82) is 0 Å². The normalized spacial score (nSPS) is 11.3. The highest BCUT2D eigenvalue weighted by Gasteiger charge is 2.19. The van der Waals surface area contributed by atoms with Crippen LogP contribution in [0, 0.1) is 0 Å². The number of hydrogen-bond donors (Lipinski definition) is 1. The average molecular weight is 911 g/mol. The third-order valence-corrected chi connectivity index (χ3v) is 13.7. The van der Waals surface area contributed by atoms with Crippen molar-refractivity contribution in [1.82, 2.24) is 9.97 Å². The summed E-state index contributed by atoms with van der Waals surface area (Å²) in [4.78, 5) is 24.0. The molecule has 0 amide bonds. The van der Waals surface area contributed by atoms with Crippen molar-refractivity contribution < 1.29 is 9.90 Å². The highest BCUT2D eigenvalue weighted by atomic mass is 16.3. The van der Waals surface area contributed by atoms with E-state index in [1.807, 2.05) is 60.7 Å². The molecule has 0 saturated heterocycles. The Bertz CT molecular complexity index is 3780. The molecule has 12 rings (SSSR count). The standard InChI is InChI=1S/C67H46N2O2/c70-65(67-60-22-6-2-14-45(60)36-40-66(67)71)39-35-44-13-1-5-17-55(44)52-41-53(58-20-9-7-18-56(58)46-25-29-50(30-26-46)63-37-33-48-15-3-11-23-61(48)68-63)43-54(42-52)59-21-10-8-19-57(59)47-27-31-51(32-28-47)64-38-34-49-16-4-12-24-62(49)69-64/h1-34,36-38,40-43,71H,35,39H2. The molecule has 4 nitrogen and oxygen atoms in total. The molecule has 10 aromatic carbocycles. The van der Waals surface area contributed by atoms with E-state index in [1.54, 1.807) is 6.07 Å². The van der Waals surface area contributed by atoms with Gasteiger partial charge in [-0.1, -0.05) is 200 Å². The first-order chi connectivity index (χ1) is 35.0. The van der Waals surface area contributed by atoms with Gasteiger partial charge in [-0.25, -0.2) is 9.97 Å². The lowest BCUT2D eigenvalue weighted by atomic mass is 9.86. The third-order valence-electron chi connectivity index (χ3n) is 13.7. The lowest BCUT2D eigenvalue weighted by Gasteiger charge is -2.18. The molecule has 0 fully saturated rings. The van der Waals surface area contributed by atoms with Gasteiger partial charge in [0, 0.05) is 28.3 Å². The van der Waals surface area contributed by atoms with Gasteiger partial charge in [-0.2, -0.15) is 0 Å². The molecule has 0 radical (unpaired) electrons. The summed E-state index contributed by atoms with van der Waals surface area (Å²) in [6.45, 7) is 0. The lowest BCUT2D eigenvalue weighted by molar-refractivity contribution is 0.0982.